The van der Waals surface area contributed by atoms with Gasteiger partial charge in [-0.3, -0.25) is 19.3 Å². The van der Waals surface area contributed by atoms with E-state index >= 15 is 4.79 Å². The average molecular weight is 618 g/mol. The second kappa shape index (κ2) is 9.83. The van der Waals surface area contributed by atoms with Gasteiger partial charge in [-0.15, -0.1) is 0 Å². The van der Waals surface area contributed by atoms with Crippen LogP contribution in [0.1, 0.15) is 39.7 Å². The van der Waals surface area contributed by atoms with E-state index in [0.29, 0.717) is 29.1 Å². The molecule has 222 valence electrons. The molecule has 2 aliphatic rings. The smallest absolute Gasteiger partial charge is 0.297 e. The topological polar surface area (TPSA) is 93.0 Å². The highest BCUT2D eigenvalue weighted by molar-refractivity contribution is 7.22. The van der Waals surface area contributed by atoms with Crippen molar-refractivity contribution in [2.45, 2.75) is 25.9 Å². The minimum atomic E-state index is -1.94. The van der Waals surface area contributed by atoms with E-state index in [-0.39, 0.29) is 34.0 Å². The Hall–Kier alpha value is -5.35. The summed E-state index contributed by atoms with van der Waals surface area (Å²) in [5.41, 5.74) is 0.787. The third-order valence-electron chi connectivity index (χ3n) is 8.53. The van der Waals surface area contributed by atoms with Gasteiger partial charge >= 0.3 is 0 Å². The Kier molecular flexibility index (Phi) is 5.95. The quantitative estimate of drug-likeness (QED) is 0.214. The Morgan fingerprint density at radius 1 is 0.978 bits per heavy atom. The van der Waals surface area contributed by atoms with Crippen LogP contribution in [0.25, 0.3) is 21.2 Å². The van der Waals surface area contributed by atoms with Gasteiger partial charge in [0.05, 0.1) is 40.0 Å². The molecule has 45 heavy (non-hydrogen) atoms. The maximum Gasteiger partial charge on any atom is 0.297 e. The van der Waals surface area contributed by atoms with Crippen LogP contribution in [-0.2, 0) is 16.9 Å². The first-order valence-electron chi connectivity index (χ1n) is 14.4. The van der Waals surface area contributed by atoms with Gasteiger partial charge in [0.2, 0.25) is 5.76 Å². The van der Waals surface area contributed by atoms with Crippen LogP contribution < -0.4 is 20.0 Å². The van der Waals surface area contributed by atoms with Gasteiger partial charge in [-0.2, -0.15) is 0 Å². The molecule has 0 fully saturated rings. The van der Waals surface area contributed by atoms with Crippen LogP contribution in [0.15, 0.2) is 94.1 Å². The summed E-state index contributed by atoms with van der Waals surface area (Å²) in [4.78, 5) is 51.8. The first kappa shape index (κ1) is 27.2. The van der Waals surface area contributed by atoms with Crippen LogP contribution in [0.4, 0.5) is 15.2 Å². The number of halogens is 1. The maximum absolute atomic E-state index is 15.1. The zero-order chi connectivity index (χ0) is 31.0. The lowest BCUT2D eigenvalue weighted by atomic mass is 9.84. The summed E-state index contributed by atoms with van der Waals surface area (Å²) in [7, 11) is 0. The van der Waals surface area contributed by atoms with Crippen molar-refractivity contribution in [3.8, 4) is 5.75 Å². The van der Waals surface area contributed by atoms with E-state index in [0.717, 1.165) is 28.0 Å². The number of hydrogen-bond donors (Lipinski definition) is 0. The number of thiazole rings is 1. The molecular formula is C35H24FN3O5S. The number of amides is 2. The first-order chi connectivity index (χ1) is 21.8. The number of benzene rings is 4. The van der Waals surface area contributed by atoms with E-state index in [1.54, 1.807) is 35.2 Å². The molecule has 0 aliphatic carbocycles. The average Bonchev–Trinajstić information content (AvgIpc) is 3.64. The summed E-state index contributed by atoms with van der Waals surface area (Å²) in [6.07, 6.45) is 0. The van der Waals surface area contributed by atoms with E-state index in [2.05, 4.69) is 0 Å². The fourth-order valence-electron chi connectivity index (χ4n) is 6.49. The van der Waals surface area contributed by atoms with E-state index in [4.69, 9.17) is 14.1 Å². The third kappa shape index (κ3) is 3.75. The molecular weight excluding hydrogens is 593 g/mol. The third-order valence-corrected chi connectivity index (χ3v) is 9.53. The van der Waals surface area contributed by atoms with Crippen molar-refractivity contribution in [3.63, 3.8) is 0 Å². The van der Waals surface area contributed by atoms with Gasteiger partial charge in [-0.05, 0) is 67.4 Å². The molecule has 6 aromatic rings. The molecule has 4 heterocycles. The molecule has 10 heteroatoms. The fraction of sp³-hybridized carbons (Fsp3) is 0.143. The van der Waals surface area contributed by atoms with Gasteiger partial charge in [-0.1, -0.05) is 53.8 Å². The summed E-state index contributed by atoms with van der Waals surface area (Å²) in [6, 6.07) is 23.8. The molecule has 0 N–H and O–H groups in total. The second-order valence-electron chi connectivity index (χ2n) is 11.0. The lowest BCUT2D eigenvalue weighted by Gasteiger charge is -2.32. The molecule has 1 unspecified atom stereocenters. The summed E-state index contributed by atoms with van der Waals surface area (Å²) >= 11 is 1.21. The van der Waals surface area contributed by atoms with Gasteiger partial charge in [0, 0.05) is 5.56 Å². The summed E-state index contributed by atoms with van der Waals surface area (Å²) in [6.45, 7) is 4.53. The van der Waals surface area contributed by atoms with Crippen molar-refractivity contribution in [3.05, 3.63) is 129 Å². The molecule has 8 rings (SSSR count). The zero-order valence-electron chi connectivity index (χ0n) is 24.2. The van der Waals surface area contributed by atoms with Gasteiger partial charge in [0.15, 0.2) is 16.1 Å². The Bertz CT molecular complexity index is 2300. The number of aryl methyl sites for hydroxylation is 1. The second-order valence-corrected chi connectivity index (χ2v) is 12.0. The minimum absolute atomic E-state index is 0.0478. The van der Waals surface area contributed by atoms with Crippen LogP contribution in [0.5, 0.6) is 5.75 Å². The molecule has 8 nitrogen and oxygen atoms in total. The molecule has 0 saturated heterocycles. The van der Waals surface area contributed by atoms with Crippen LogP contribution in [0.2, 0.25) is 0 Å². The van der Waals surface area contributed by atoms with Crippen molar-refractivity contribution in [1.82, 2.24) is 4.98 Å². The maximum atomic E-state index is 15.1. The molecule has 2 amide bonds. The molecule has 4 aromatic carbocycles. The number of nitrogens with zero attached hydrogens (tertiary/aromatic N) is 3. The molecule has 1 spiro atoms. The number of carbonyl (C=O) groups is 2. The lowest BCUT2D eigenvalue weighted by Crippen LogP contribution is -2.53. The van der Waals surface area contributed by atoms with Crippen LogP contribution >= 0.6 is 11.3 Å². The van der Waals surface area contributed by atoms with Crippen LogP contribution in [-0.4, -0.2) is 23.4 Å². The summed E-state index contributed by atoms with van der Waals surface area (Å²) in [5.74, 6) is -1.45. The number of ether oxygens (including phenoxy) is 1. The van der Waals surface area contributed by atoms with E-state index in [9.17, 15) is 14.0 Å². The largest absolute Gasteiger partial charge is 0.494 e. The Balaban J connectivity index is 1.43. The highest BCUT2D eigenvalue weighted by atomic mass is 32.1. The molecule has 0 radical (unpaired) electrons. The standard InChI is InChI=1S/C35H24FN3O5S/c1-3-43-22-13-14-25-28(17-22)45-34(37-25)39-32(41)31-29(30(40)23-16-21(36)12-15-27(23)44-31)35(39)24-10-6-7-11-26(24)38(33(35)42)18-20-9-5-4-8-19(20)2/h4-17H,3,18H2,1-2H3. The lowest BCUT2D eigenvalue weighted by molar-refractivity contribution is -0.121. The summed E-state index contributed by atoms with van der Waals surface area (Å²) in [5, 5.41) is 0.154. The molecule has 0 bridgehead atoms. The van der Waals surface area contributed by atoms with E-state index in [1.807, 2.05) is 50.2 Å². The predicted octanol–water partition coefficient (Wildman–Crippen LogP) is 6.70. The van der Waals surface area contributed by atoms with Crippen molar-refractivity contribution in [2.24, 2.45) is 0 Å². The number of para-hydroxylation sites is 1. The first-order valence-corrected chi connectivity index (χ1v) is 15.3. The number of carbonyl (C=O) groups excluding carboxylic acids is 2. The minimum Gasteiger partial charge on any atom is -0.494 e. The zero-order valence-corrected chi connectivity index (χ0v) is 25.0. The Morgan fingerprint density at radius 2 is 1.78 bits per heavy atom. The fourth-order valence-corrected chi connectivity index (χ4v) is 7.54. The van der Waals surface area contributed by atoms with Crippen molar-refractivity contribution in [2.75, 3.05) is 16.4 Å². The molecule has 1 atom stereocenters. The number of hydrogen-bond acceptors (Lipinski definition) is 7. The summed E-state index contributed by atoms with van der Waals surface area (Å²) < 4.78 is 27.0. The molecule has 0 saturated carbocycles. The highest BCUT2D eigenvalue weighted by Crippen LogP contribution is 2.55. The monoisotopic (exact) mass is 617 g/mol. The Morgan fingerprint density at radius 3 is 2.60 bits per heavy atom. The molecule has 2 aliphatic heterocycles. The van der Waals surface area contributed by atoms with E-state index in [1.165, 1.54) is 22.3 Å². The van der Waals surface area contributed by atoms with E-state index < -0.39 is 28.6 Å². The van der Waals surface area contributed by atoms with Crippen LogP contribution in [0.3, 0.4) is 0 Å². The van der Waals surface area contributed by atoms with Crippen molar-refractivity contribution < 1.29 is 23.1 Å². The SMILES string of the molecule is CCOc1ccc2nc(N3C(=O)c4oc5ccc(F)cc5c(=O)c4C34C(=O)N(Cc3ccccc3C)c3ccccc34)sc2c1. The number of anilines is 2. The predicted molar refractivity (Wildman–Crippen MR) is 170 cm³/mol. The number of fused-ring (bicyclic) bond motifs is 6. The molecule has 2 aromatic heterocycles. The number of rotatable bonds is 5. The van der Waals surface area contributed by atoms with Gasteiger partial charge in [0.25, 0.3) is 11.8 Å². The van der Waals surface area contributed by atoms with Crippen molar-refractivity contribution >= 4 is 55.2 Å². The highest BCUT2D eigenvalue weighted by Gasteiger charge is 2.66. The Labute approximate surface area is 259 Å². The number of aromatic nitrogens is 1. The normalized spacial score (nSPS) is 17.1. The van der Waals surface area contributed by atoms with Crippen LogP contribution in [0, 0.1) is 12.7 Å². The van der Waals surface area contributed by atoms with Crippen molar-refractivity contribution in [1.29, 1.82) is 0 Å². The van der Waals surface area contributed by atoms with Gasteiger partial charge in [0.1, 0.15) is 17.1 Å². The van der Waals surface area contributed by atoms with Gasteiger partial charge in [-0.25, -0.2) is 9.37 Å². The van der Waals surface area contributed by atoms with Gasteiger partial charge < -0.3 is 14.1 Å².